The van der Waals surface area contributed by atoms with Gasteiger partial charge >= 0.3 is 19.3 Å². The molecule has 0 fully saturated rings. The number of carboxylic acids is 1. The maximum absolute atomic E-state index is 14.7. The van der Waals surface area contributed by atoms with Gasteiger partial charge in [0.15, 0.2) is 5.78 Å². The molecule has 2 unspecified atom stereocenters. The number of ketones is 2. The Bertz CT molecular complexity index is 3070. The molecule has 0 spiro atoms. The predicted octanol–water partition coefficient (Wildman–Crippen LogP) is 7.98. The molecule has 7 aromatic rings. The van der Waals surface area contributed by atoms with Crippen LogP contribution < -0.4 is 15.2 Å². The molecule has 2 amide bonds. The molecule has 366 valence electrons. The standard InChI is InChI=1S/C53H52N5O12P/c1-71(67,68)69-44-24-20-36(21-25-44)31-46(53(63)64)55-52(62)42(27-34-11-4-2-5-12-34)33-48(60)45(30-35-13-6-3-7-14-35)54-51(61)41(29-37-19-22-38-15-8-9-16-40(38)28-37)32-43(59)18-10-17-39-23-26-47(58(65)66)50-49(39)56-70-57-50/h2-9,11-16,19-26,28,41-42,45-46H,10,17-18,27,29-33H2,1H3,(H,54,61)(H,55,62)(H,63,64)(H,67,68)/t41?,42-,45+,46+/m0/s1. The van der Waals surface area contributed by atoms with Crippen molar-refractivity contribution in [1.82, 2.24) is 20.9 Å². The number of carbonyl (C=O) groups excluding carboxylic acids is 4. The fourth-order valence-corrected chi connectivity index (χ4v) is 9.06. The normalized spacial score (nSPS) is 13.8. The van der Waals surface area contributed by atoms with Crippen molar-refractivity contribution < 1.29 is 52.6 Å². The van der Waals surface area contributed by atoms with E-state index in [1.807, 2.05) is 60.7 Å². The number of aromatic nitrogens is 2. The molecule has 5 atom stereocenters. The third-order valence-corrected chi connectivity index (χ3v) is 12.7. The molecule has 0 aliphatic rings. The summed E-state index contributed by atoms with van der Waals surface area (Å²) in [5.74, 6) is -5.15. The zero-order valence-corrected chi connectivity index (χ0v) is 39.6. The molecule has 1 aromatic heterocycles. The smallest absolute Gasteiger partial charge is 0.373 e. The first-order valence-electron chi connectivity index (χ1n) is 23.0. The summed E-state index contributed by atoms with van der Waals surface area (Å²) in [6.07, 6.45) is 0.319. The number of hydrogen-bond acceptors (Lipinski definition) is 12. The van der Waals surface area contributed by atoms with Crippen molar-refractivity contribution in [3.63, 3.8) is 0 Å². The van der Waals surface area contributed by atoms with Gasteiger partial charge in [0, 0.05) is 50.3 Å². The second-order valence-corrected chi connectivity index (χ2v) is 19.4. The Morgan fingerprint density at radius 3 is 1.87 bits per heavy atom. The van der Waals surface area contributed by atoms with Crippen LogP contribution in [0.3, 0.4) is 0 Å². The molecular weight excluding hydrogens is 930 g/mol. The minimum atomic E-state index is -3.84. The maximum Gasteiger partial charge on any atom is 0.373 e. The van der Waals surface area contributed by atoms with Crippen LogP contribution in [0.1, 0.15) is 53.5 Å². The molecule has 18 heteroatoms. The van der Waals surface area contributed by atoms with Gasteiger partial charge in [-0.15, -0.1) is 0 Å². The van der Waals surface area contributed by atoms with E-state index >= 15 is 0 Å². The Morgan fingerprint density at radius 2 is 1.23 bits per heavy atom. The van der Waals surface area contributed by atoms with Crippen LogP contribution >= 0.6 is 7.60 Å². The van der Waals surface area contributed by atoms with Gasteiger partial charge in [0.1, 0.15) is 23.1 Å². The number of non-ortho nitro benzene ring substituents is 1. The number of carbonyl (C=O) groups is 5. The molecule has 0 bridgehead atoms. The average molecular weight is 982 g/mol. The second kappa shape index (κ2) is 23.6. The van der Waals surface area contributed by atoms with Gasteiger partial charge < -0.3 is 25.2 Å². The Labute approximate surface area is 408 Å². The van der Waals surface area contributed by atoms with E-state index in [9.17, 15) is 48.7 Å². The van der Waals surface area contributed by atoms with Gasteiger partial charge in [-0.1, -0.05) is 115 Å². The molecule has 6 aromatic carbocycles. The summed E-state index contributed by atoms with van der Waals surface area (Å²) >= 11 is 0. The summed E-state index contributed by atoms with van der Waals surface area (Å²) in [7, 11) is -3.84. The topological polar surface area (TPSA) is 258 Å². The van der Waals surface area contributed by atoms with E-state index in [0.29, 0.717) is 29.5 Å². The van der Waals surface area contributed by atoms with Gasteiger partial charge in [-0.25, -0.2) is 14.0 Å². The van der Waals surface area contributed by atoms with Gasteiger partial charge in [-0.2, -0.15) is 0 Å². The predicted molar refractivity (Wildman–Crippen MR) is 264 cm³/mol. The fourth-order valence-electron chi connectivity index (χ4n) is 8.55. The molecule has 71 heavy (non-hydrogen) atoms. The van der Waals surface area contributed by atoms with Crippen LogP contribution in [0.2, 0.25) is 0 Å². The van der Waals surface area contributed by atoms with Crippen LogP contribution in [0, 0.1) is 22.0 Å². The van der Waals surface area contributed by atoms with Crippen molar-refractivity contribution in [2.75, 3.05) is 6.66 Å². The molecule has 17 nitrogen and oxygen atoms in total. The van der Waals surface area contributed by atoms with Gasteiger partial charge in [0.05, 0.1) is 11.0 Å². The first kappa shape index (κ1) is 51.0. The lowest BCUT2D eigenvalue weighted by atomic mass is 9.88. The third-order valence-electron chi connectivity index (χ3n) is 12.1. The molecule has 4 N–H and O–H groups in total. The Morgan fingerprint density at radius 1 is 0.676 bits per heavy atom. The molecule has 0 saturated heterocycles. The highest BCUT2D eigenvalue weighted by Gasteiger charge is 2.33. The van der Waals surface area contributed by atoms with Crippen molar-refractivity contribution in [3.05, 3.63) is 177 Å². The number of aliphatic carboxylic acids is 1. The number of fused-ring (bicyclic) bond motifs is 2. The minimum Gasteiger partial charge on any atom is -0.480 e. The number of benzene rings is 6. The number of carboxylic acid groups (broad SMARTS) is 1. The molecule has 0 saturated carbocycles. The largest absolute Gasteiger partial charge is 0.480 e. The zero-order chi connectivity index (χ0) is 50.5. The summed E-state index contributed by atoms with van der Waals surface area (Å²) in [6.45, 7) is 1.03. The molecule has 0 aliphatic heterocycles. The molecule has 0 radical (unpaired) electrons. The summed E-state index contributed by atoms with van der Waals surface area (Å²) in [4.78, 5) is 90.5. The Kier molecular flexibility index (Phi) is 17.0. The zero-order valence-electron chi connectivity index (χ0n) is 38.7. The van der Waals surface area contributed by atoms with Crippen molar-refractivity contribution in [2.45, 2.75) is 69.9 Å². The lowest BCUT2D eigenvalue weighted by Crippen LogP contribution is -2.49. The van der Waals surface area contributed by atoms with Crippen LogP contribution in [0.5, 0.6) is 5.75 Å². The van der Waals surface area contributed by atoms with E-state index < -0.39 is 60.0 Å². The number of hydrogen-bond donors (Lipinski definition) is 4. The lowest BCUT2D eigenvalue weighted by Gasteiger charge is -2.25. The summed E-state index contributed by atoms with van der Waals surface area (Å²) in [5.41, 5.74) is 3.32. The molecular formula is C53H52N5O12P. The number of Topliss-reactive ketones (excluding diaryl/α,β-unsaturated/α-hetero) is 2. The first-order valence-corrected chi connectivity index (χ1v) is 25.0. The van der Waals surface area contributed by atoms with Crippen LogP contribution in [-0.4, -0.2) is 73.3 Å². The highest BCUT2D eigenvalue weighted by Crippen LogP contribution is 2.38. The quantitative estimate of drug-likeness (QED) is 0.0241. The monoisotopic (exact) mass is 981 g/mol. The van der Waals surface area contributed by atoms with Crippen molar-refractivity contribution in [1.29, 1.82) is 0 Å². The van der Waals surface area contributed by atoms with Gasteiger partial charge in [-0.05, 0) is 99.2 Å². The van der Waals surface area contributed by atoms with Crippen molar-refractivity contribution in [2.24, 2.45) is 11.8 Å². The van der Waals surface area contributed by atoms with Crippen LogP contribution in [0.15, 0.2) is 144 Å². The van der Waals surface area contributed by atoms with Crippen LogP contribution in [-0.2, 0) is 60.6 Å². The van der Waals surface area contributed by atoms with E-state index in [1.54, 1.807) is 48.5 Å². The van der Waals surface area contributed by atoms with E-state index in [1.165, 1.54) is 30.3 Å². The minimum absolute atomic E-state index is 0.00725. The third kappa shape index (κ3) is 14.6. The number of nitrogens with one attached hydrogen (secondary N) is 2. The SMILES string of the molecule is CP(=O)(O)Oc1ccc(C[C@@H](NC(=O)[C@H](CC(=O)[C@@H](Cc2ccccc2)NC(=O)C(CC(=O)CCCc2ccc([N+](=O)[O-])c3nonc23)Cc2ccc3ccccc3c2)Cc2ccccc2)C(=O)O)cc1. The number of nitro benzene ring substituents is 1. The highest BCUT2D eigenvalue weighted by molar-refractivity contribution is 7.52. The van der Waals surface area contributed by atoms with Crippen molar-refractivity contribution >= 4 is 64.4 Å². The Hall–Kier alpha value is -7.88. The first-order chi connectivity index (χ1) is 34.1. The van der Waals surface area contributed by atoms with E-state index in [0.717, 1.165) is 28.6 Å². The van der Waals surface area contributed by atoms with E-state index in [2.05, 4.69) is 20.9 Å². The number of aryl methyl sites for hydroxylation is 1. The Balaban J connectivity index is 1.11. The van der Waals surface area contributed by atoms with Gasteiger partial charge in [-0.3, -0.25) is 29.3 Å². The average Bonchev–Trinajstić information content (AvgIpc) is 3.84. The van der Waals surface area contributed by atoms with Crippen molar-refractivity contribution in [3.8, 4) is 5.75 Å². The van der Waals surface area contributed by atoms with Gasteiger partial charge in [0.25, 0.3) is 0 Å². The molecule has 1 heterocycles. The highest BCUT2D eigenvalue weighted by atomic mass is 31.2. The lowest BCUT2D eigenvalue weighted by molar-refractivity contribution is -0.383. The fraction of sp³-hybridized carbons (Fsp3) is 0.264. The number of amides is 2. The van der Waals surface area contributed by atoms with Crippen LogP contribution in [0.25, 0.3) is 21.8 Å². The second-order valence-electron chi connectivity index (χ2n) is 17.6. The van der Waals surface area contributed by atoms with Gasteiger partial charge in [0.2, 0.25) is 17.3 Å². The summed E-state index contributed by atoms with van der Waals surface area (Å²) in [5, 5.41) is 36.8. The van der Waals surface area contributed by atoms with Crippen LogP contribution in [0.4, 0.5) is 5.69 Å². The van der Waals surface area contributed by atoms with E-state index in [-0.39, 0.29) is 73.2 Å². The van der Waals surface area contributed by atoms with E-state index in [4.69, 9.17) is 9.15 Å². The number of nitro groups is 1. The summed E-state index contributed by atoms with van der Waals surface area (Å²) in [6, 6.07) is 37.7. The number of rotatable bonds is 25. The maximum atomic E-state index is 14.7. The molecule has 0 aliphatic carbocycles. The number of nitrogens with zero attached hydrogens (tertiary/aromatic N) is 3. The summed E-state index contributed by atoms with van der Waals surface area (Å²) < 4.78 is 21.5. The molecule has 7 rings (SSSR count).